The van der Waals surface area contributed by atoms with E-state index < -0.39 is 0 Å². The molecule has 0 amide bonds. The summed E-state index contributed by atoms with van der Waals surface area (Å²) in [6, 6.07) is 81.9. The van der Waals surface area contributed by atoms with Gasteiger partial charge in [0, 0.05) is 21.7 Å². The van der Waals surface area contributed by atoms with Gasteiger partial charge in [-0.15, -0.1) is 0 Å². The maximum Gasteiger partial charge on any atom is 0.0210 e. The van der Waals surface area contributed by atoms with Crippen LogP contribution in [0.15, 0.2) is 206 Å². The molecule has 0 unspecified atom stereocenters. The summed E-state index contributed by atoms with van der Waals surface area (Å²) in [5.41, 5.74) is 33.0. The van der Waals surface area contributed by atoms with E-state index in [4.69, 9.17) is 0 Å². The van der Waals surface area contributed by atoms with E-state index in [9.17, 15) is 0 Å². The first kappa shape index (κ1) is 50.9. The lowest BCUT2D eigenvalue weighted by Crippen LogP contribution is -2.23. The summed E-state index contributed by atoms with van der Waals surface area (Å²) < 4.78 is 0. The fourth-order valence-electron chi connectivity index (χ4n) is 17.7. The summed E-state index contributed by atoms with van der Waals surface area (Å²) in [6.07, 6.45) is 8.45. The van der Waals surface area contributed by atoms with E-state index in [-0.39, 0.29) is 21.7 Å². The molecule has 0 saturated carbocycles. The number of rotatable bonds is 12. The van der Waals surface area contributed by atoms with Crippen LogP contribution in [0, 0.1) is 0 Å². The van der Waals surface area contributed by atoms with E-state index in [0.717, 1.165) is 51.4 Å². The van der Waals surface area contributed by atoms with Crippen LogP contribution in [0.1, 0.15) is 151 Å². The summed E-state index contributed by atoms with van der Waals surface area (Å²) >= 11 is 0. The summed E-state index contributed by atoms with van der Waals surface area (Å²) in [7, 11) is 0. The van der Waals surface area contributed by atoms with E-state index in [2.05, 4.69) is 262 Å². The minimum Gasteiger partial charge on any atom is -0.0642 e. The molecular weight excluding hydrogens is 985 g/mol. The summed E-state index contributed by atoms with van der Waals surface area (Å²) in [4.78, 5) is 0. The Morgan fingerprint density at radius 3 is 0.707 bits per heavy atom. The molecule has 0 radical (unpaired) electrons. The molecule has 0 heteroatoms. The monoisotopic (exact) mass is 1060 g/mol. The smallest absolute Gasteiger partial charge is 0.0210 e. The second-order valence-corrected chi connectivity index (χ2v) is 24.7. The van der Waals surface area contributed by atoms with Crippen molar-refractivity contribution >= 4 is 21.5 Å². The van der Waals surface area contributed by atoms with Crippen molar-refractivity contribution in [1.82, 2.24) is 0 Å². The molecule has 0 atom stereocenters. The first-order valence-corrected chi connectivity index (χ1v) is 31.2. The molecule has 0 saturated heterocycles. The maximum atomic E-state index is 2.63. The van der Waals surface area contributed by atoms with Crippen LogP contribution in [0.5, 0.6) is 0 Å². The van der Waals surface area contributed by atoms with Gasteiger partial charge < -0.3 is 0 Å². The Balaban J connectivity index is 1.04. The minimum atomic E-state index is -0.0725. The van der Waals surface area contributed by atoms with E-state index in [1.165, 1.54) is 155 Å². The molecule has 0 fully saturated rings. The predicted octanol–water partition coefficient (Wildman–Crippen LogP) is 23.0. The third-order valence-corrected chi connectivity index (χ3v) is 22.3. The molecule has 0 heterocycles. The van der Waals surface area contributed by atoms with Gasteiger partial charge in [-0.3, -0.25) is 0 Å². The van der Waals surface area contributed by atoms with Gasteiger partial charge >= 0.3 is 0 Å². The van der Waals surface area contributed by atoms with Crippen LogP contribution in [0.4, 0.5) is 0 Å². The number of hydrogen-bond acceptors (Lipinski definition) is 0. The summed E-state index contributed by atoms with van der Waals surface area (Å²) in [6.45, 7) is 19.2. The van der Waals surface area contributed by atoms with Crippen LogP contribution in [0.25, 0.3) is 111 Å². The zero-order chi connectivity index (χ0) is 55.9. The van der Waals surface area contributed by atoms with E-state index in [1.807, 2.05) is 0 Å². The van der Waals surface area contributed by atoms with Crippen LogP contribution in [0.3, 0.4) is 0 Å². The maximum absolute atomic E-state index is 2.63. The lowest BCUT2D eigenvalue weighted by molar-refractivity contribution is 0.490. The van der Waals surface area contributed by atoms with Crippen LogP contribution in [-0.4, -0.2) is 0 Å². The van der Waals surface area contributed by atoms with Crippen LogP contribution in [-0.2, 0) is 21.7 Å². The molecule has 4 aliphatic carbocycles. The van der Waals surface area contributed by atoms with Crippen LogP contribution in [0.2, 0.25) is 0 Å². The largest absolute Gasteiger partial charge is 0.0642 e. The molecule has 15 rings (SSSR count). The number of hydrogen-bond donors (Lipinski definition) is 0. The Morgan fingerprint density at radius 1 is 0.195 bits per heavy atom. The molecule has 0 bridgehead atoms. The van der Waals surface area contributed by atoms with Crippen molar-refractivity contribution in [3.8, 4) is 89.0 Å². The lowest BCUT2D eigenvalue weighted by atomic mass is 9.72. The highest BCUT2D eigenvalue weighted by Gasteiger charge is 2.44. The van der Waals surface area contributed by atoms with Crippen molar-refractivity contribution in [2.75, 3.05) is 0 Å². The Morgan fingerprint density at radius 2 is 0.415 bits per heavy atom. The van der Waals surface area contributed by atoms with E-state index >= 15 is 0 Å². The fourth-order valence-corrected chi connectivity index (χ4v) is 17.7. The van der Waals surface area contributed by atoms with Gasteiger partial charge in [0.25, 0.3) is 0 Å². The molecule has 402 valence electrons. The molecule has 0 nitrogen and oxygen atoms in total. The van der Waals surface area contributed by atoms with E-state index in [0.29, 0.717) is 0 Å². The minimum absolute atomic E-state index is 0.0234. The average molecular weight is 1060 g/mol. The van der Waals surface area contributed by atoms with E-state index in [1.54, 1.807) is 0 Å². The molecule has 82 heavy (non-hydrogen) atoms. The molecule has 0 aliphatic heterocycles. The molecule has 11 aromatic rings. The van der Waals surface area contributed by atoms with Crippen LogP contribution >= 0.6 is 0 Å². The van der Waals surface area contributed by atoms with Crippen molar-refractivity contribution in [2.24, 2.45) is 0 Å². The molecule has 0 aromatic heterocycles. The fraction of sp³-hybridized carbons (Fsp3) is 0.244. The highest BCUT2D eigenvalue weighted by Crippen LogP contribution is 2.59. The Kier molecular flexibility index (Phi) is 11.6. The normalized spacial score (nSPS) is 15.6. The standard InChI is InChI=1S/C82H74/c1-9-79(10-2)69-29-21-17-25-57(69)61-39-33-53(47-73(61)79)51-35-43-65-67(45-51)78(56-38-42-64-60-28-20-24-32-72(60)82(15-7,16-8)76(64)50-56)68-46-52(54-34-40-62-58-26-18-22-30-70(58)80(11-3,12-4)74(62)48-54)36-44-66(68)77(65)55-37-41-63-59-27-19-23-31-71(59)81(13-5,14-6)75(63)49-55/h17-50H,9-16H2,1-8H3. The van der Waals surface area contributed by atoms with Gasteiger partial charge in [0.05, 0.1) is 0 Å². The average Bonchev–Trinajstić information content (AvgIpc) is 2.84. The van der Waals surface area contributed by atoms with Gasteiger partial charge in [-0.05, 0) is 243 Å². The SMILES string of the molecule is CCC1(CC)c2ccccc2-c2ccc(-c3ccc4c(-c5ccc6c(c5)C(CC)(CC)c5ccccc5-6)c5ccc(-c6ccc7c(c6)C(CC)(CC)c6ccccc6-7)cc5c(-c5ccc6c(c5)C(CC)(CC)c5ccccc5-6)c4c3)cc21. The third kappa shape index (κ3) is 6.62. The van der Waals surface area contributed by atoms with Crippen molar-refractivity contribution in [3.05, 3.63) is 251 Å². The van der Waals surface area contributed by atoms with Gasteiger partial charge in [-0.25, -0.2) is 0 Å². The summed E-state index contributed by atoms with van der Waals surface area (Å²) in [5, 5.41) is 5.19. The molecule has 11 aromatic carbocycles. The number of benzene rings is 11. The Bertz CT molecular complexity index is 4270. The zero-order valence-electron chi connectivity index (χ0n) is 49.3. The van der Waals surface area contributed by atoms with Gasteiger partial charge in [0.1, 0.15) is 0 Å². The van der Waals surface area contributed by atoms with Crippen molar-refractivity contribution in [2.45, 2.75) is 128 Å². The summed E-state index contributed by atoms with van der Waals surface area (Å²) in [5.74, 6) is 0. The quantitative estimate of drug-likeness (QED) is 0.107. The predicted molar refractivity (Wildman–Crippen MR) is 350 cm³/mol. The highest BCUT2D eigenvalue weighted by atomic mass is 14.5. The van der Waals surface area contributed by atoms with Crippen molar-refractivity contribution in [3.63, 3.8) is 0 Å². The van der Waals surface area contributed by atoms with Gasteiger partial charge in [-0.1, -0.05) is 225 Å². The van der Waals surface area contributed by atoms with Crippen molar-refractivity contribution in [1.29, 1.82) is 0 Å². The van der Waals surface area contributed by atoms with Crippen molar-refractivity contribution < 1.29 is 0 Å². The highest BCUT2D eigenvalue weighted by molar-refractivity contribution is 6.23. The first-order chi connectivity index (χ1) is 40.2. The van der Waals surface area contributed by atoms with Gasteiger partial charge in [-0.2, -0.15) is 0 Å². The Hall–Kier alpha value is -8.06. The second kappa shape index (κ2) is 18.7. The molecule has 0 N–H and O–H groups in total. The van der Waals surface area contributed by atoms with Crippen LogP contribution < -0.4 is 0 Å². The molecule has 4 aliphatic rings. The topological polar surface area (TPSA) is 0 Å². The third-order valence-electron chi connectivity index (χ3n) is 22.3. The number of fused-ring (bicyclic) bond motifs is 14. The zero-order valence-corrected chi connectivity index (χ0v) is 49.3. The first-order valence-electron chi connectivity index (χ1n) is 31.2. The molecule has 0 spiro atoms. The second-order valence-electron chi connectivity index (χ2n) is 24.7. The Labute approximate surface area is 487 Å². The molecular formula is C82H74. The van der Waals surface area contributed by atoms with Gasteiger partial charge in [0.15, 0.2) is 0 Å². The van der Waals surface area contributed by atoms with Gasteiger partial charge in [0.2, 0.25) is 0 Å². The lowest BCUT2D eigenvalue weighted by Gasteiger charge is -2.30.